The van der Waals surface area contributed by atoms with Gasteiger partial charge in [-0.1, -0.05) is 60.7 Å². The van der Waals surface area contributed by atoms with Crippen LogP contribution in [0.2, 0.25) is 0 Å². The molecule has 2 aromatic carbocycles. The SMILES string of the molecule is CCNC(=NCC(O)(Cc1ccccc1)c1ccccc1)N(C)Cc1ncnn1C.I. The summed E-state index contributed by atoms with van der Waals surface area (Å²) < 4.78 is 1.75. The summed E-state index contributed by atoms with van der Waals surface area (Å²) in [6.45, 7) is 3.55. The van der Waals surface area contributed by atoms with Crippen LogP contribution in [-0.2, 0) is 25.6 Å². The lowest BCUT2D eigenvalue weighted by Crippen LogP contribution is -2.41. The van der Waals surface area contributed by atoms with Gasteiger partial charge >= 0.3 is 0 Å². The van der Waals surface area contributed by atoms with Gasteiger partial charge in [-0.2, -0.15) is 5.10 Å². The maximum Gasteiger partial charge on any atom is 0.194 e. The topological polar surface area (TPSA) is 78.6 Å². The average molecular weight is 534 g/mol. The molecule has 7 nitrogen and oxygen atoms in total. The minimum Gasteiger partial charge on any atom is -0.383 e. The van der Waals surface area contributed by atoms with Crippen LogP contribution in [0.1, 0.15) is 23.9 Å². The van der Waals surface area contributed by atoms with E-state index in [1.807, 2.05) is 86.6 Å². The molecular formula is C23H31IN6O. The second-order valence-electron chi connectivity index (χ2n) is 7.39. The van der Waals surface area contributed by atoms with E-state index in [1.165, 1.54) is 0 Å². The molecule has 1 atom stereocenters. The Morgan fingerprint density at radius 2 is 1.77 bits per heavy atom. The van der Waals surface area contributed by atoms with Crippen LogP contribution in [0.25, 0.3) is 0 Å². The van der Waals surface area contributed by atoms with E-state index in [0.29, 0.717) is 18.9 Å². The molecule has 0 spiro atoms. The molecule has 0 aliphatic rings. The first-order chi connectivity index (χ1) is 14.5. The Labute approximate surface area is 201 Å². The third-order valence-corrected chi connectivity index (χ3v) is 5.02. The molecule has 3 aromatic rings. The van der Waals surface area contributed by atoms with Crippen molar-refractivity contribution in [3.05, 3.63) is 83.9 Å². The van der Waals surface area contributed by atoms with Crippen molar-refractivity contribution in [1.29, 1.82) is 0 Å². The number of aliphatic imine (C=N–C) groups is 1. The first kappa shape index (κ1) is 24.8. The summed E-state index contributed by atoms with van der Waals surface area (Å²) >= 11 is 0. The van der Waals surface area contributed by atoms with Crippen LogP contribution in [0, 0.1) is 0 Å². The predicted octanol–water partition coefficient (Wildman–Crippen LogP) is 2.96. The molecule has 0 saturated carbocycles. The molecule has 1 aromatic heterocycles. The summed E-state index contributed by atoms with van der Waals surface area (Å²) in [6, 6.07) is 19.8. The van der Waals surface area contributed by atoms with Gasteiger partial charge in [0, 0.05) is 27.1 Å². The van der Waals surface area contributed by atoms with Crippen LogP contribution in [0.4, 0.5) is 0 Å². The van der Waals surface area contributed by atoms with Gasteiger partial charge in [-0.05, 0) is 18.1 Å². The van der Waals surface area contributed by atoms with Gasteiger partial charge in [-0.15, -0.1) is 24.0 Å². The molecule has 8 heteroatoms. The van der Waals surface area contributed by atoms with E-state index < -0.39 is 5.60 Å². The van der Waals surface area contributed by atoms with Crippen LogP contribution < -0.4 is 5.32 Å². The largest absolute Gasteiger partial charge is 0.383 e. The van der Waals surface area contributed by atoms with Gasteiger partial charge in [0.1, 0.15) is 17.8 Å². The molecule has 31 heavy (non-hydrogen) atoms. The molecule has 0 aliphatic carbocycles. The van der Waals surface area contributed by atoms with Crippen molar-refractivity contribution in [2.24, 2.45) is 12.0 Å². The number of rotatable bonds is 8. The molecule has 1 heterocycles. The molecule has 2 N–H and O–H groups in total. The van der Waals surface area contributed by atoms with E-state index >= 15 is 0 Å². The number of aliphatic hydroxyl groups is 1. The Bertz CT molecular complexity index is 947. The Hall–Kier alpha value is -2.46. The van der Waals surface area contributed by atoms with Crippen molar-refractivity contribution >= 4 is 29.9 Å². The van der Waals surface area contributed by atoms with E-state index in [4.69, 9.17) is 4.99 Å². The van der Waals surface area contributed by atoms with E-state index in [2.05, 4.69) is 15.4 Å². The first-order valence-electron chi connectivity index (χ1n) is 10.2. The monoisotopic (exact) mass is 534 g/mol. The summed E-state index contributed by atoms with van der Waals surface area (Å²) in [5.41, 5.74) is 0.801. The van der Waals surface area contributed by atoms with E-state index in [1.54, 1.807) is 11.0 Å². The number of guanidine groups is 1. The van der Waals surface area contributed by atoms with Crippen LogP contribution in [0.15, 0.2) is 72.0 Å². The zero-order chi connectivity index (χ0) is 21.4. The maximum absolute atomic E-state index is 11.7. The van der Waals surface area contributed by atoms with Crippen molar-refractivity contribution < 1.29 is 5.11 Å². The lowest BCUT2D eigenvalue weighted by molar-refractivity contribution is 0.0465. The molecule has 166 valence electrons. The first-order valence-corrected chi connectivity index (χ1v) is 10.2. The number of aryl methyl sites for hydroxylation is 1. The standard InChI is InChI=1S/C23H30N6O.HI/c1-4-24-22(28(2)16-21-26-18-27-29(21)3)25-17-23(30,20-13-9-6-10-14-20)15-19-11-7-5-8-12-19;/h5-14,18,30H,4,15-17H2,1-3H3,(H,24,25);1H. The zero-order valence-electron chi connectivity index (χ0n) is 18.3. The normalized spacial score (nSPS) is 13.2. The van der Waals surface area contributed by atoms with Crippen molar-refractivity contribution in [3.8, 4) is 0 Å². The van der Waals surface area contributed by atoms with Gasteiger partial charge in [-0.25, -0.2) is 9.98 Å². The highest BCUT2D eigenvalue weighted by molar-refractivity contribution is 14.0. The highest BCUT2D eigenvalue weighted by Crippen LogP contribution is 2.26. The fraction of sp³-hybridized carbons (Fsp3) is 0.348. The van der Waals surface area contributed by atoms with Gasteiger partial charge < -0.3 is 15.3 Å². The van der Waals surface area contributed by atoms with Crippen LogP contribution in [-0.4, -0.2) is 50.9 Å². The van der Waals surface area contributed by atoms with Crippen LogP contribution in [0.3, 0.4) is 0 Å². The average Bonchev–Trinajstić information content (AvgIpc) is 3.16. The Morgan fingerprint density at radius 3 is 2.35 bits per heavy atom. The summed E-state index contributed by atoms with van der Waals surface area (Å²) in [5, 5.41) is 19.1. The number of hydrogen-bond acceptors (Lipinski definition) is 4. The van der Waals surface area contributed by atoms with Gasteiger partial charge in [0.15, 0.2) is 5.96 Å². The smallest absolute Gasteiger partial charge is 0.194 e. The lowest BCUT2D eigenvalue weighted by atomic mass is 9.87. The van der Waals surface area contributed by atoms with Crippen molar-refractivity contribution in [2.45, 2.75) is 25.5 Å². The summed E-state index contributed by atoms with van der Waals surface area (Å²) in [4.78, 5) is 11.1. The third kappa shape index (κ3) is 6.76. The Balaban J connectivity index is 0.00000341. The molecule has 0 saturated heterocycles. The van der Waals surface area contributed by atoms with Gasteiger partial charge in [0.25, 0.3) is 0 Å². The molecule has 0 amide bonds. The molecule has 0 fully saturated rings. The summed E-state index contributed by atoms with van der Waals surface area (Å²) in [6.07, 6.45) is 2.02. The fourth-order valence-corrected chi connectivity index (χ4v) is 3.36. The van der Waals surface area contributed by atoms with Gasteiger partial charge in [0.2, 0.25) is 0 Å². The number of nitrogens with one attached hydrogen (secondary N) is 1. The molecule has 0 aliphatic heterocycles. The van der Waals surface area contributed by atoms with Crippen molar-refractivity contribution in [2.75, 3.05) is 20.1 Å². The number of hydrogen-bond donors (Lipinski definition) is 2. The highest BCUT2D eigenvalue weighted by atomic mass is 127. The molecule has 0 bridgehead atoms. The lowest BCUT2D eigenvalue weighted by Gasteiger charge is -2.29. The van der Waals surface area contributed by atoms with E-state index in [-0.39, 0.29) is 30.5 Å². The molecular weight excluding hydrogens is 503 g/mol. The van der Waals surface area contributed by atoms with Crippen LogP contribution in [0.5, 0.6) is 0 Å². The molecule has 3 rings (SSSR count). The number of nitrogens with zero attached hydrogens (tertiary/aromatic N) is 5. The minimum absolute atomic E-state index is 0. The predicted molar refractivity (Wildman–Crippen MR) is 134 cm³/mol. The summed E-state index contributed by atoms with van der Waals surface area (Å²) in [5.74, 6) is 1.55. The number of halogens is 1. The van der Waals surface area contributed by atoms with E-state index in [0.717, 1.165) is 23.5 Å². The van der Waals surface area contributed by atoms with Crippen molar-refractivity contribution in [1.82, 2.24) is 25.0 Å². The molecule has 0 radical (unpaired) electrons. The Morgan fingerprint density at radius 1 is 1.13 bits per heavy atom. The highest BCUT2D eigenvalue weighted by Gasteiger charge is 2.30. The van der Waals surface area contributed by atoms with Crippen molar-refractivity contribution in [3.63, 3.8) is 0 Å². The van der Waals surface area contributed by atoms with E-state index in [9.17, 15) is 5.11 Å². The second kappa shape index (κ2) is 11.8. The van der Waals surface area contributed by atoms with Gasteiger partial charge in [0.05, 0.1) is 13.1 Å². The number of aromatic nitrogens is 3. The maximum atomic E-state index is 11.7. The third-order valence-electron chi connectivity index (χ3n) is 5.02. The van der Waals surface area contributed by atoms with Crippen LogP contribution >= 0.6 is 24.0 Å². The number of benzene rings is 2. The Kier molecular flexibility index (Phi) is 9.44. The fourth-order valence-electron chi connectivity index (χ4n) is 3.36. The molecule has 1 unspecified atom stereocenters. The van der Waals surface area contributed by atoms with Gasteiger partial charge in [-0.3, -0.25) is 4.68 Å². The quantitative estimate of drug-likeness (QED) is 0.264. The second-order valence-corrected chi connectivity index (χ2v) is 7.39. The zero-order valence-corrected chi connectivity index (χ0v) is 20.6. The summed E-state index contributed by atoms with van der Waals surface area (Å²) in [7, 11) is 3.82. The minimum atomic E-state index is -1.12.